The predicted octanol–water partition coefficient (Wildman–Crippen LogP) is 1.84. The maximum atomic E-state index is 13.2. The Balaban J connectivity index is 1.67. The van der Waals surface area contributed by atoms with E-state index in [9.17, 15) is 9.18 Å². The molecule has 3 rings (SSSR count). The summed E-state index contributed by atoms with van der Waals surface area (Å²) in [7, 11) is 0. The van der Waals surface area contributed by atoms with E-state index in [0.29, 0.717) is 25.2 Å². The van der Waals surface area contributed by atoms with E-state index >= 15 is 0 Å². The zero-order valence-corrected chi connectivity index (χ0v) is 13.4. The first-order chi connectivity index (χ1) is 11.7. The molecule has 1 aromatic carbocycles. The van der Waals surface area contributed by atoms with E-state index in [1.165, 1.54) is 12.1 Å². The number of halogens is 1. The molecule has 1 aromatic heterocycles. The quantitative estimate of drug-likeness (QED) is 0.876. The van der Waals surface area contributed by atoms with Crippen LogP contribution in [0.25, 0.3) is 0 Å². The topological polar surface area (TPSA) is 71.2 Å². The molecule has 128 valence electrons. The van der Waals surface area contributed by atoms with Crippen molar-refractivity contribution in [2.45, 2.75) is 38.3 Å². The highest BCUT2D eigenvalue weighted by atomic mass is 19.1. The van der Waals surface area contributed by atoms with Crippen LogP contribution in [0.5, 0.6) is 0 Å². The fourth-order valence-electron chi connectivity index (χ4n) is 3.17. The number of likely N-dealkylation sites (tertiary alicyclic amines) is 1. The Morgan fingerprint density at radius 1 is 1.42 bits per heavy atom. The standard InChI is InChI=1S/C17H21FN4O2/c18-14-5-1-4-13(10-14)11-21-12-16(19-20-21)17(24)22-8-2-6-15(22)7-3-9-23/h1,4-5,10,12,15,23H,2-3,6-9,11H2. The van der Waals surface area contributed by atoms with E-state index in [-0.39, 0.29) is 24.4 Å². The largest absolute Gasteiger partial charge is 0.396 e. The number of benzene rings is 1. The van der Waals surface area contributed by atoms with Crippen LogP contribution in [-0.2, 0) is 6.54 Å². The fourth-order valence-corrected chi connectivity index (χ4v) is 3.17. The minimum Gasteiger partial charge on any atom is -0.396 e. The van der Waals surface area contributed by atoms with Crippen LogP contribution in [0.15, 0.2) is 30.5 Å². The first kappa shape index (κ1) is 16.6. The summed E-state index contributed by atoms with van der Waals surface area (Å²) >= 11 is 0. The van der Waals surface area contributed by atoms with E-state index in [1.807, 2.05) is 4.90 Å². The number of nitrogens with zero attached hydrogens (tertiary/aromatic N) is 4. The summed E-state index contributed by atoms with van der Waals surface area (Å²) in [6.45, 7) is 1.22. The summed E-state index contributed by atoms with van der Waals surface area (Å²) in [6.07, 6.45) is 5.04. The Labute approximate surface area is 139 Å². The molecule has 0 radical (unpaired) electrons. The molecule has 0 aliphatic carbocycles. The van der Waals surface area contributed by atoms with E-state index in [4.69, 9.17) is 5.11 Å². The smallest absolute Gasteiger partial charge is 0.276 e. The van der Waals surface area contributed by atoms with Crippen molar-refractivity contribution >= 4 is 5.91 Å². The zero-order valence-electron chi connectivity index (χ0n) is 13.4. The van der Waals surface area contributed by atoms with Crippen molar-refractivity contribution in [2.75, 3.05) is 13.2 Å². The number of aliphatic hydroxyl groups is 1. The monoisotopic (exact) mass is 332 g/mol. The van der Waals surface area contributed by atoms with Crippen LogP contribution in [0.3, 0.4) is 0 Å². The summed E-state index contributed by atoms with van der Waals surface area (Å²) in [5, 5.41) is 16.9. The Kier molecular flexibility index (Phi) is 5.20. The SMILES string of the molecule is O=C(c1cn(Cc2cccc(F)c2)nn1)N1CCCC1CCCO. The summed E-state index contributed by atoms with van der Waals surface area (Å²) in [6, 6.07) is 6.44. The maximum absolute atomic E-state index is 13.2. The van der Waals surface area contributed by atoms with Crippen LogP contribution in [0.2, 0.25) is 0 Å². The number of hydrogen-bond acceptors (Lipinski definition) is 4. The van der Waals surface area contributed by atoms with Gasteiger partial charge < -0.3 is 10.0 Å². The molecule has 2 heterocycles. The van der Waals surface area contributed by atoms with Crippen molar-refractivity contribution in [3.05, 3.63) is 47.5 Å². The van der Waals surface area contributed by atoms with Crippen molar-refractivity contribution < 1.29 is 14.3 Å². The third-order valence-corrected chi connectivity index (χ3v) is 4.32. The summed E-state index contributed by atoms with van der Waals surface area (Å²) in [5.41, 5.74) is 1.07. The van der Waals surface area contributed by atoms with Crippen molar-refractivity contribution in [1.29, 1.82) is 0 Å². The molecule has 1 unspecified atom stereocenters. The predicted molar refractivity (Wildman–Crippen MR) is 85.9 cm³/mol. The second-order valence-electron chi connectivity index (χ2n) is 6.09. The molecule has 1 N–H and O–H groups in total. The highest BCUT2D eigenvalue weighted by Gasteiger charge is 2.30. The lowest BCUT2D eigenvalue weighted by molar-refractivity contribution is 0.0718. The third kappa shape index (κ3) is 3.79. The number of aliphatic hydroxyl groups excluding tert-OH is 1. The van der Waals surface area contributed by atoms with Crippen LogP contribution < -0.4 is 0 Å². The van der Waals surface area contributed by atoms with Gasteiger partial charge in [0.15, 0.2) is 5.69 Å². The Bertz CT molecular complexity index is 703. The molecule has 6 nitrogen and oxygen atoms in total. The van der Waals surface area contributed by atoms with Gasteiger partial charge in [-0.1, -0.05) is 17.3 Å². The third-order valence-electron chi connectivity index (χ3n) is 4.32. The Morgan fingerprint density at radius 3 is 3.08 bits per heavy atom. The second kappa shape index (κ2) is 7.53. The van der Waals surface area contributed by atoms with Gasteiger partial charge in [0.05, 0.1) is 12.7 Å². The molecule has 7 heteroatoms. The molecule has 1 amide bonds. The zero-order chi connectivity index (χ0) is 16.9. The summed E-state index contributed by atoms with van der Waals surface area (Å²) < 4.78 is 14.8. The van der Waals surface area contributed by atoms with Gasteiger partial charge in [0, 0.05) is 19.2 Å². The van der Waals surface area contributed by atoms with E-state index in [1.54, 1.807) is 23.0 Å². The van der Waals surface area contributed by atoms with E-state index in [0.717, 1.165) is 24.8 Å². The van der Waals surface area contributed by atoms with Crippen molar-refractivity contribution in [3.63, 3.8) is 0 Å². The van der Waals surface area contributed by atoms with Gasteiger partial charge in [-0.15, -0.1) is 5.10 Å². The number of carbonyl (C=O) groups excluding carboxylic acids is 1. The number of hydrogen-bond donors (Lipinski definition) is 1. The first-order valence-corrected chi connectivity index (χ1v) is 8.24. The van der Waals surface area contributed by atoms with E-state index in [2.05, 4.69) is 10.3 Å². The van der Waals surface area contributed by atoms with Crippen LogP contribution in [0, 0.1) is 5.82 Å². The lowest BCUT2D eigenvalue weighted by atomic mass is 10.1. The minimum atomic E-state index is -0.298. The number of carbonyl (C=O) groups is 1. The van der Waals surface area contributed by atoms with Gasteiger partial charge in [0.1, 0.15) is 5.82 Å². The van der Waals surface area contributed by atoms with Crippen molar-refractivity contribution in [1.82, 2.24) is 19.9 Å². The molecule has 1 saturated heterocycles. The molecule has 1 aliphatic rings. The number of amides is 1. The summed E-state index contributed by atoms with van der Waals surface area (Å²) in [5.74, 6) is -0.423. The molecule has 24 heavy (non-hydrogen) atoms. The Hall–Kier alpha value is -2.28. The van der Waals surface area contributed by atoms with Crippen LogP contribution in [-0.4, -0.2) is 50.1 Å². The van der Waals surface area contributed by atoms with Gasteiger partial charge in [-0.05, 0) is 43.4 Å². The van der Waals surface area contributed by atoms with Gasteiger partial charge in [0.2, 0.25) is 0 Å². The maximum Gasteiger partial charge on any atom is 0.276 e. The highest BCUT2D eigenvalue weighted by molar-refractivity contribution is 5.92. The fraction of sp³-hybridized carbons (Fsp3) is 0.471. The van der Waals surface area contributed by atoms with Gasteiger partial charge in [0.25, 0.3) is 5.91 Å². The lowest BCUT2D eigenvalue weighted by Crippen LogP contribution is -2.35. The molecule has 1 atom stereocenters. The molecule has 0 bridgehead atoms. The first-order valence-electron chi connectivity index (χ1n) is 8.24. The van der Waals surface area contributed by atoms with Gasteiger partial charge >= 0.3 is 0 Å². The molecule has 2 aromatic rings. The van der Waals surface area contributed by atoms with Gasteiger partial charge in [-0.2, -0.15) is 0 Å². The molecule has 0 spiro atoms. The lowest BCUT2D eigenvalue weighted by Gasteiger charge is -2.23. The average Bonchev–Trinajstić information content (AvgIpc) is 3.21. The highest BCUT2D eigenvalue weighted by Crippen LogP contribution is 2.23. The minimum absolute atomic E-state index is 0.124. The molecule has 0 saturated carbocycles. The van der Waals surface area contributed by atoms with Crippen molar-refractivity contribution in [2.24, 2.45) is 0 Å². The van der Waals surface area contributed by atoms with Gasteiger partial charge in [-0.3, -0.25) is 4.79 Å². The average molecular weight is 332 g/mol. The number of rotatable bonds is 6. The normalized spacial score (nSPS) is 17.4. The van der Waals surface area contributed by atoms with Gasteiger partial charge in [-0.25, -0.2) is 9.07 Å². The summed E-state index contributed by atoms with van der Waals surface area (Å²) in [4.78, 5) is 14.5. The van der Waals surface area contributed by atoms with Crippen LogP contribution >= 0.6 is 0 Å². The van der Waals surface area contributed by atoms with Crippen molar-refractivity contribution in [3.8, 4) is 0 Å². The second-order valence-corrected chi connectivity index (χ2v) is 6.09. The molecule has 1 aliphatic heterocycles. The molecular weight excluding hydrogens is 311 g/mol. The van der Waals surface area contributed by atoms with Crippen LogP contribution in [0.4, 0.5) is 4.39 Å². The Morgan fingerprint density at radius 2 is 2.29 bits per heavy atom. The number of aromatic nitrogens is 3. The van der Waals surface area contributed by atoms with Crippen LogP contribution in [0.1, 0.15) is 41.7 Å². The van der Waals surface area contributed by atoms with E-state index < -0.39 is 0 Å². The molecule has 1 fully saturated rings. The molecular formula is C17H21FN4O2.